The number of hydrogen-bond donors (Lipinski definition) is 0. The summed E-state index contributed by atoms with van der Waals surface area (Å²) < 4.78 is 22.4. The molecular formula is C9H17NO3S. The maximum atomic E-state index is 11.2. The van der Waals surface area contributed by atoms with Gasteiger partial charge in [-0.2, -0.15) is 0 Å². The molecule has 0 radical (unpaired) electrons. The van der Waals surface area contributed by atoms with Crippen LogP contribution in [-0.4, -0.2) is 43.8 Å². The first-order valence-electron chi connectivity index (χ1n) is 4.86. The molecule has 1 aliphatic rings. The van der Waals surface area contributed by atoms with Crippen molar-refractivity contribution in [3.63, 3.8) is 0 Å². The lowest BCUT2D eigenvalue weighted by molar-refractivity contribution is -0.120. The summed E-state index contributed by atoms with van der Waals surface area (Å²) in [5.74, 6) is 0.738. The van der Waals surface area contributed by atoms with E-state index >= 15 is 0 Å². The van der Waals surface area contributed by atoms with E-state index in [2.05, 4.69) is 0 Å². The van der Waals surface area contributed by atoms with Gasteiger partial charge in [0.25, 0.3) is 0 Å². The van der Waals surface area contributed by atoms with Gasteiger partial charge in [0.2, 0.25) is 6.41 Å². The van der Waals surface area contributed by atoms with E-state index in [1.54, 1.807) is 4.90 Å². The van der Waals surface area contributed by atoms with Crippen LogP contribution in [0.5, 0.6) is 0 Å². The molecule has 0 spiro atoms. The highest BCUT2D eigenvalue weighted by molar-refractivity contribution is 7.91. The van der Waals surface area contributed by atoms with Gasteiger partial charge in [0.15, 0.2) is 9.84 Å². The zero-order valence-electron chi connectivity index (χ0n) is 8.64. The second-order valence-electron chi connectivity index (χ2n) is 4.25. The summed E-state index contributed by atoms with van der Waals surface area (Å²) in [7, 11) is -2.89. The molecule has 1 atom stereocenters. The van der Waals surface area contributed by atoms with Crippen molar-refractivity contribution in [3.05, 3.63) is 0 Å². The number of amides is 1. The lowest BCUT2D eigenvalue weighted by Gasteiger charge is -2.25. The summed E-state index contributed by atoms with van der Waals surface area (Å²) in [5, 5.41) is 0. The minimum Gasteiger partial charge on any atom is -0.341 e. The molecule has 0 N–H and O–H groups in total. The van der Waals surface area contributed by atoms with Gasteiger partial charge >= 0.3 is 0 Å². The van der Waals surface area contributed by atoms with E-state index in [1.165, 1.54) is 0 Å². The van der Waals surface area contributed by atoms with E-state index < -0.39 is 9.84 Å². The van der Waals surface area contributed by atoms with Crippen LogP contribution in [0.2, 0.25) is 0 Å². The van der Waals surface area contributed by atoms with Crippen LogP contribution in [0, 0.1) is 5.92 Å². The Kier molecular flexibility index (Phi) is 3.53. The highest BCUT2D eigenvalue weighted by Gasteiger charge is 2.31. The number of nitrogens with zero attached hydrogens (tertiary/aromatic N) is 1. The Morgan fingerprint density at radius 3 is 2.50 bits per heavy atom. The van der Waals surface area contributed by atoms with Crippen LogP contribution in [0.4, 0.5) is 0 Å². The van der Waals surface area contributed by atoms with Crippen LogP contribution in [-0.2, 0) is 14.6 Å². The first-order chi connectivity index (χ1) is 6.44. The molecule has 1 heterocycles. The average molecular weight is 219 g/mol. The second-order valence-corrected chi connectivity index (χ2v) is 6.48. The molecule has 0 aromatic carbocycles. The average Bonchev–Trinajstić information content (AvgIpc) is 2.41. The Bertz CT molecular complexity index is 297. The quantitative estimate of drug-likeness (QED) is 0.638. The van der Waals surface area contributed by atoms with Crippen LogP contribution >= 0.6 is 0 Å². The van der Waals surface area contributed by atoms with Gasteiger partial charge in [0.1, 0.15) is 0 Å². The zero-order chi connectivity index (χ0) is 10.8. The summed E-state index contributed by atoms with van der Waals surface area (Å²) in [6.45, 7) is 4.67. The summed E-state index contributed by atoms with van der Waals surface area (Å²) in [6, 6.07) is -0.0973. The highest BCUT2D eigenvalue weighted by Crippen LogP contribution is 2.17. The van der Waals surface area contributed by atoms with Gasteiger partial charge in [0.05, 0.1) is 11.5 Å². The Balaban J connectivity index is 2.59. The number of carbonyl (C=O) groups excluding carboxylic acids is 1. The minimum absolute atomic E-state index is 0.0973. The summed E-state index contributed by atoms with van der Waals surface area (Å²) in [6.07, 6.45) is 1.36. The van der Waals surface area contributed by atoms with Crippen molar-refractivity contribution >= 4 is 16.2 Å². The molecule has 14 heavy (non-hydrogen) atoms. The molecule has 82 valence electrons. The van der Waals surface area contributed by atoms with Gasteiger partial charge in [0, 0.05) is 12.6 Å². The fourth-order valence-corrected chi connectivity index (χ4v) is 3.48. The molecule has 5 heteroatoms. The molecule has 1 aliphatic heterocycles. The number of rotatable bonds is 4. The first-order valence-corrected chi connectivity index (χ1v) is 6.68. The van der Waals surface area contributed by atoms with Crippen LogP contribution in [0.1, 0.15) is 20.3 Å². The molecule has 1 fully saturated rings. The third kappa shape index (κ3) is 2.97. The summed E-state index contributed by atoms with van der Waals surface area (Å²) in [5.41, 5.74) is 0. The van der Waals surface area contributed by atoms with E-state index in [-0.39, 0.29) is 17.5 Å². The minimum atomic E-state index is -2.89. The number of hydrogen-bond acceptors (Lipinski definition) is 3. The maximum Gasteiger partial charge on any atom is 0.209 e. The van der Waals surface area contributed by atoms with Crippen LogP contribution in [0.15, 0.2) is 0 Å². The summed E-state index contributed by atoms with van der Waals surface area (Å²) in [4.78, 5) is 12.4. The molecule has 4 nitrogen and oxygen atoms in total. The number of sulfone groups is 1. The van der Waals surface area contributed by atoms with E-state index in [9.17, 15) is 13.2 Å². The molecule has 1 amide bonds. The smallest absolute Gasteiger partial charge is 0.209 e. The first kappa shape index (κ1) is 11.5. The van der Waals surface area contributed by atoms with Gasteiger partial charge in [-0.15, -0.1) is 0 Å². The second kappa shape index (κ2) is 4.29. The molecule has 0 bridgehead atoms. The van der Waals surface area contributed by atoms with Crippen molar-refractivity contribution in [3.8, 4) is 0 Å². The SMILES string of the molecule is CC(C)CN(C=O)[C@H]1CCS(=O)(=O)C1. The van der Waals surface area contributed by atoms with Crippen molar-refractivity contribution in [2.45, 2.75) is 26.3 Å². The Hall–Kier alpha value is -0.580. The molecule has 0 aromatic rings. The van der Waals surface area contributed by atoms with Crippen molar-refractivity contribution in [2.24, 2.45) is 5.92 Å². The molecular weight excluding hydrogens is 202 g/mol. The monoisotopic (exact) mass is 219 g/mol. The lowest BCUT2D eigenvalue weighted by Crippen LogP contribution is -2.37. The van der Waals surface area contributed by atoms with Crippen molar-refractivity contribution < 1.29 is 13.2 Å². The standard InChI is InChI=1S/C9H17NO3S/c1-8(2)5-10(7-11)9-3-4-14(12,13)6-9/h7-9H,3-6H2,1-2H3/t9-/m0/s1. The fourth-order valence-electron chi connectivity index (χ4n) is 1.74. The van der Waals surface area contributed by atoms with Crippen molar-refractivity contribution in [1.29, 1.82) is 0 Å². The fraction of sp³-hybridized carbons (Fsp3) is 0.889. The third-order valence-electron chi connectivity index (χ3n) is 2.39. The highest BCUT2D eigenvalue weighted by atomic mass is 32.2. The molecule has 0 aliphatic carbocycles. The van der Waals surface area contributed by atoms with Gasteiger partial charge in [-0.3, -0.25) is 4.79 Å². The molecule has 0 aromatic heterocycles. The Labute approximate surface area is 85.2 Å². The van der Waals surface area contributed by atoms with Gasteiger partial charge < -0.3 is 4.90 Å². The lowest BCUT2D eigenvalue weighted by atomic mass is 10.1. The Morgan fingerprint density at radius 1 is 1.50 bits per heavy atom. The van der Waals surface area contributed by atoms with Gasteiger partial charge in [-0.05, 0) is 12.3 Å². The van der Waals surface area contributed by atoms with E-state index in [1.807, 2.05) is 13.8 Å². The Morgan fingerprint density at radius 2 is 2.14 bits per heavy atom. The molecule has 0 unspecified atom stereocenters. The zero-order valence-corrected chi connectivity index (χ0v) is 9.46. The van der Waals surface area contributed by atoms with E-state index in [0.717, 1.165) is 6.41 Å². The van der Waals surface area contributed by atoms with Gasteiger partial charge in [-0.25, -0.2) is 8.42 Å². The van der Waals surface area contributed by atoms with Crippen molar-refractivity contribution in [2.75, 3.05) is 18.1 Å². The predicted octanol–water partition coefficient (Wildman–Crippen LogP) is 0.288. The molecule has 1 saturated heterocycles. The van der Waals surface area contributed by atoms with Gasteiger partial charge in [-0.1, -0.05) is 13.8 Å². The van der Waals surface area contributed by atoms with E-state index in [0.29, 0.717) is 18.9 Å². The topological polar surface area (TPSA) is 54.5 Å². The largest absolute Gasteiger partial charge is 0.341 e. The van der Waals surface area contributed by atoms with Crippen molar-refractivity contribution in [1.82, 2.24) is 4.90 Å². The van der Waals surface area contributed by atoms with Crippen LogP contribution < -0.4 is 0 Å². The molecule has 1 rings (SSSR count). The summed E-state index contributed by atoms with van der Waals surface area (Å²) >= 11 is 0. The van der Waals surface area contributed by atoms with E-state index in [4.69, 9.17) is 0 Å². The number of carbonyl (C=O) groups is 1. The third-order valence-corrected chi connectivity index (χ3v) is 4.14. The predicted molar refractivity (Wildman–Crippen MR) is 54.7 cm³/mol. The van der Waals surface area contributed by atoms with Crippen LogP contribution in [0.3, 0.4) is 0 Å². The normalized spacial score (nSPS) is 25.2. The van der Waals surface area contributed by atoms with Crippen LogP contribution in [0.25, 0.3) is 0 Å². The maximum absolute atomic E-state index is 11.2. The molecule has 0 saturated carbocycles.